The molecule has 2 aromatic carbocycles. The summed E-state index contributed by atoms with van der Waals surface area (Å²) < 4.78 is 4.66. The SMILES string of the molecule is O=C(Cl)Oc1ccc(OOc2ccccc2)cc1. The summed E-state index contributed by atoms with van der Waals surface area (Å²) in [6.45, 7) is 0. The first-order valence-corrected chi connectivity index (χ1v) is 5.49. The van der Waals surface area contributed by atoms with Crippen molar-refractivity contribution >= 4 is 17.0 Å². The molecule has 2 aromatic rings. The predicted molar refractivity (Wildman–Crippen MR) is 66.0 cm³/mol. The standard InChI is InChI=1S/C13H9ClO4/c14-13(15)16-10-6-8-12(9-7-10)18-17-11-4-2-1-3-5-11/h1-9H. The average molecular weight is 265 g/mol. The Kier molecular flexibility index (Phi) is 4.04. The van der Waals surface area contributed by atoms with Gasteiger partial charge in [0.15, 0.2) is 11.5 Å². The number of halogens is 1. The van der Waals surface area contributed by atoms with Gasteiger partial charge in [0.05, 0.1) is 0 Å². The van der Waals surface area contributed by atoms with Crippen LogP contribution in [0.15, 0.2) is 54.6 Å². The van der Waals surface area contributed by atoms with Gasteiger partial charge in [0.2, 0.25) is 0 Å². The largest absolute Gasteiger partial charge is 0.414 e. The normalized spacial score (nSPS) is 9.61. The molecule has 0 saturated carbocycles. The van der Waals surface area contributed by atoms with E-state index in [1.54, 1.807) is 36.4 Å². The maximum atomic E-state index is 10.5. The summed E-state index contributed by atoms with van der Waals surface area (Å²) in [6.07, 6.45) is 0. The summed E-state index contributed by atoms with van der Waals surface area (Å²) in [6, 6.07) is 15.4. The van der Waals surface area contributed by atoms with Crippen molar-refractivity contribution in [2.75, 3.05) is 0 Å². The van der Waals surface area contributed by atoms with Gasteiger partial charge in [-0.1, -0.05) is 18.2 Å². The van der Waals surface area contributed by atoms with Gasteiger partial charge < -0.3 is 4.74 Å². The molecule has 0 aromatic heterocycles. The fraction of sp³-hybridized carbons (Fsp3) is 0. The molecule has 18 heavy (non-hydrogen) atoms. The Hall–Kier alpha value is -2.20. The van der Waals surface area contributed by atoms with E-state index < -0.39 is 5.43 Å². The zero-order chi connectivity index (χ0) is 12.8. The maximum Gasteiger partial charge on any atom is 0.409 e. The molecular formula is C13H9ClO4. The van der Waals surface area contributed by atoms with Crippen molar-refractivity contribution in [1.29, 1.82) is 0 Å². The first-order chi connectivity index (χ1) is 8.74. The van der Waals surface area contributed by atoms with Gasteiger partial charge in [0.1, 0.15) is 5.75 Å². The van der Waals surface area contributed by atoms with E-state index in [9.17, 15) is 4.79 Å². The number of ether oxygens (including phenoxy) is 1. The van der Waals surface area contributed by atoms with Crippen molar-refractivity contribution in [1.82, 2.24) is 0 Å². The smallest absolute Gasteiger partial charge is 0.409 e. The van der Waals surface area contributed by atoms with Crippen LogP contribution in [0.4, 0.5) is 4.79 Å². The van der Waals surface area contributed by atoms with Crippen LogP contribution in [0.1, 0.15) is 0 Å². The van der Waals surface area contributed by atoms with E-state index in [1.807, 2.05) is 18.2 Å². The lowest BCUT2D eigenvalue weighted by molar-refractivity contribution is -0.0999. The van der Waals surface area contributed by atoms with E-state index in [4.69, 9.17) is 21.4 Å². The molecule has 0 aliphatic carbocycles. The van der Waals surface area contributed by atoms with Crippen LogP contribution in [0, 0.1) is 0 Å². The quantitative estimate of drug-likeness (QED) is 0.479. The van der Waals surface area contributed by atoms with E-state index in [1.165, 1.54) is 0 Å². The van der Waals surface area contributed by atoms with E-state index in [2.05, 4.69) is 4.74 Å². The van der Waals surface area contributed by atoms with Crippen molar-refractivity contribution in [2.24, 2.45) is 0 Å². The zero-order valence-electron chi connectivity index (χ0n) is 9.21. The van der Waals surface area contributed by atoms with Crippen LogP contribution < -0.4 is 14.5 Å². The molecule has 0 atom stereocenters. The van der Waals surface area contributed by atoms with Crippen LogP contribution in [-0.2, 0) is 0 Å². The predicted octanol–water partition coefficient (Wildman–Crippen LogP) is 3.80. The molecule has 0 fully saturated rings. The van der Waals surface area contributed by atoms with E-state index in [-0.39, 0.29) is 0 Å². The molecule has 0 N–H and O–H groups in total. The molecule has 0 amide bonds. The van der Waals surface area contributed by atoms with Crippen LogP contribution >= 0.6 is 11.6 Å². The first kappa shape index (κ1) is 12.3. The minimum atomic E-state index is -0.885. The molecule has 5 heteroatoms. The Morgan fingerprint density at radius 1 is 0.778 bits per heavy atom. The van der Waals surface area contributed by atoms with Crippen LogP contribution in [0.25, 0.3) is 0 Å². The molecule has 0 aliphatic rings. The van der Waals surface area contributed by atoms with Gasteiger partial charge in [-0.15, -0.1) is 0 Å². The second kappa shape index (κ2) is 5.93. The van der Waals surface area contributed by atoms with Crippen LogP contribution in [0.2, 0.25) is 0 Å². The van der Waals surface area contributed by atoms with Crippen LogP contribution in [0.3, 0.4) is 0 Å². The minimum Gasteiger partial charge on any atom is -0.414 e. The summed E-state index contributed by atoms with van der Waals surface area (Å²) in [5.74, 6) is 1.41. The third kappa shape index (κ3) is 3.68. The zero-order valence-corrected chi connectivity index (χ0v) is 9.96. The molecule has 0 heterocycles. The number of hydrogen-bond donors (Lipinski definition) is 0. The lowest BCUT2D eigenvalue weighted by atomic mass is 10.3. The third-order valence-electron chi connectivity index (χ3n) is 2.00. The molecule has 4 nitrogen and oxygen atoms in total. The Bertz CT molecular complexity index is 510. The highest BCUT2D eigenvalue weighted by molar-refractivity contribution is 6.61. The number of rotatable bonds is 4. The topological polar surface area (TPSA) is 44.8 Å². The molecule has 0 unspecified atom stereocenters. The van der Waals surface area contributed by atoms with E-state index in [0.717, 1.165) is 0 Å². The molecule has 0 radical (unpaired) electrons. The fourth-order valence-corrected chi connectivity index (χ4v) is 1.32. The number of hydrogen-bond acceptors (Lipinski definition) is 4. The summed E-state index contributed by atoms with van der Waals surface area (Å²) >= 11 is 5.08. The maximum absolute atomic E-state index is 10.5. The Labute approximate surface area is 109 Å². The highest BCUT2D eigenvalue weighted by atomic mass is 35.5. The number of benzene rings is 2. The fourth-order valence-electron chi connectivity index (χ4n) is 1.23. The molecule has 92 valence electrons. The van der Waals surface area contributed by atoms with Gasteiger partial charge in [0.25, 0.3) is 0 Å². The van der Waals surface area contributed by atoms with E-state index >= 15 is 0 Å². The molecular weight excluding hydrogens is 256 g/mol. The molecule has 2 rings (SSSR count). The van der Waals surface area contributed by atoms with Gasteiger partial charge >= 0.3 is 5.43 Å². The van der Waals surface area contributed by atoms with Gasteiger partial charge in [0, 0.05) is 11.6 Å². The van der Waals surface area contributed by atoms with Crippen molar-refractivity contribution in [2.45, 2.75) is 0 Å². The van der Waals surface area contributed by atoms with Crippen LogP contribution in [0.5, 0.6) is 17.2 Å². The Balaban J connectivity index is 1.92. The van der Waals surface area contributed by atoms with Crippen molar-refractivity contribution in [3.05, 3.63) is 54.6 Å². The van der Waals surface area contributed by atoms with Gasteiger partial charge in [-0.3, -0.25) is 9.78 Å². The van der Waals surface area contributed by atoms with Crippen molar-refractivity contribution < 1.29 is 19.3 Å². The average Bonchev–Trinajstić information content (AvgIpc) is 2.38. The first-order valence-electron chi connectivity index (χ1n) is 5.11. The molecule has 0 saturated heterocycles. The minimum absolute atomic E-state index is 0.335. The summed E-state index contributed by atoms with van der Waals surface area (Å²) in [5.41, 5.74) is -0.885. The van der Waals surface area contributed by atoms with Crippen molar-refractivity contribution in [3.63, 3.8) is 0 Å². The second-order valence-electron chi connectivity index (χ2n) is 3.29. The van der Waals surface area contributed by atoms with Gasteiger partial charge in [-0.25, -0.2) is 4.79 Å². The Morgan fingerprint density at radius 2 is 1.28 bits per heavy atom. The highest BCUT2D eigenvalue weighted by Crippen LogP contribution is 2.19. The van der Waals surface area contributed by atoms with E-state index in [0.29, 0.717) is 17.2 Å². The molecule has 0 aliphatic heterocycles. The number of para-hydroxylation sites is 1. The van der Waals surface area contributed by atoms with Gasteiger partial charge in [-0.2, -0.15) is 0 Å². The van der Waals surface area contributed by atoms with Crippen molar-refractivity contribution in [3.8, 4) is 17.2 Å². The lowest BCUT2D eigenvalue weighted by Crippen LogP contribution is -2.00. The van der Waals surface area contributed by atoms with Crippen LogP contribution in [-0.4, -0.2) is 5.43 Å². The molecule has 0 spiro atoms. The summed E-state index contributed by atoms with van der Waals surface area (Å²) in [5, 5.41) is 0. The number of carbonyl (C=O) groups is 1. The highest BCUT2D eigenvalue weighted by Gasteiger charge is 2.01. The Morgan fingerprint density at radius 3 is 1.83 bits per heavy atom. The third-order valence-corrected chi connectivity index (χ3v) is 2.08. The summed E-state index contributed by atoms with van der Waals surface area (Å²) in [4.78, 5) is 20.7. The second-order valence-corrected chi connectivity index (χ2v) is 3.60. The summed E-state index contributed by atoms with van der Waals surface area (Å²) in [7, 11) is 0. The molecule has 0 bridgehead atoms. The lowest BCUT2D eigenvalue weighted by Gasteiger charge is -2.05. The number of carbonyl (C=O) groups excluding carboxylic acids is 1. The monoisotopic (exact) mass is 264 g/mol. The van der Waals surface area contributed by atoms with Gasteiger partial charge in [-0.05, 0) is 36.4 Å².